The summed E-state index contributed by atoms with van der Waals surface area (Å²) in [5.41, 5.74) is -1.65. The third kappa shape index (κ3) is 4.60. The maximum atomic E-state index is 12.8. The van der Waals surface area contributed by atoms with Gasteiger partial charge in [-0.1, -0.05) is 19.9 Å². The predicted molar refractivity (Wildman–Crippen MR) is 94.7 cm³/mol. The number of halogens is 3. The third-order valence-electron chi connectivity index (χ3n) is 3.86. The Balaban J connectivity index is 2.46. The number of alkyl halides is 3. The van der Waals surface area contributed by atoms with Crippen molar-refractivity contribution in [1.29, 1.82) is 0 Å². The van der Waals surface area contributed by atoms with Crippen molar-refractivity contribution in [1.82, 2.24) is 4.31 Å². The lowest BCUT2D eigenvalue weighted by Crippen LogP contribution is -2.30. The minimum absolute atomic E-state index is 0.176. The van der Waals surface area contributed by atoms with Gasteiger partial charge in [0, 0.05) is 19.2 Å². The van der Waals surface area contributed by atoms with Crippen molar-refractivity contribution in [3.05, 3.63) is 58.1 Å². The van der Waals surface area contributed by atoms with E-state index in [-0.39, 0.29) is 29.5 Å². The van der Waals surface area contributed by atoms with Crippen LogP contribution in [0.2, 0.25) is 0 Å². The van der Waals surface area contributed by atoms with E-state index < -0.39 is 32.4 Å². The van der Waals surface area contributed by atoms with Crippen LogP contribution in [-0.4, -0.2) is 30.7 Å². The number of nitro benzene ring substituents is 1. The largest absolute Gasteiger partial charge is 0.450 e. The molecule has 0 unspecified atom stereocenters. The molecule has 0 saturated heterocycles. The van der Waals surface area contributed by atoms with Crippen LogP contribution in [0.25, 0.3) is 0 Å². The minimum atomic E-state index is -4.60. The molecule has 0 aliphatic carbocycles. The van der Waals surface area contributed by atoms with Gasteiger partial charge in [-0.2, -0.15) is 17.5 Å². The Morgan fingerprint density at radius 2 is 1.75 bits per heavy atom. The zero-order chi connectivity index (χ0) is 21.1. The first kappa shape index (κ1) is 21.6. The number of nitro groups is 1. The maximum absolute atomic E-state index is 12.8. The number of ether oxygens (including phenoxy) is 1. The van der Waals surface area contributed by atoms with Crippen molar-refractivity contribution in [2.45, 2.75) is 24.9 Å². The van der Waals surface area contributed by atoms with E-state index in [1.807, 2.05) is 0 Å². The zero-order valence-corrected chi connectivity index (χ0v) is 15.7. The van der Waals surface area contributed by atoms with Gasteiger partial charge in [-0.3, -0.25) is 10.1 Å². The number of benzene rings is 2. The minimum Gasteiger partial charge on any atom is -0.450 e. The van der Waals surface area contributed by atoms with Gasteiger partial charge in [0.25, 0.3) is 0 Å². The lowest BCUT2D eigenvalue weighted by atomic mass is 10.2. The molecule has 0 spiro atoms. The van der Waals surface area contributed by atoms with Crippen LogP contribution < -0.4 is 4.74 Å². The highest BCUT2D eigenvalue weighted by Crippen LogP contribution is 2.36. The molecule has 0 fully saturated rings. The second-order valence-corrected chi connectivity index (χ2v) is 7.54. The molecule has 2 aromatic carbocycles. The number of nitrogens with zero attached hydrogens (tertiary/aromatic N) is 2. The lowest BCUT2D eigenvalue weighted by molar-refractivity contribution is -0.385. The number of hydrogen-bond donors (Lipinski definition) is 0. The van der Waals surface area contributed by atoms with Gasteiger partial charge < -0.3 is 4.74 Å². The fraction of sp³-hybridized carbons (Fsp3) is 0.294. The van der Waals surface area contributed by atoms with E-state index in [0.717, 1.165) is 34.6 Å². The average molecular weight is 418 g/mol. The highest BCUT2D eigenvalue weighted by molar-refractivity contribution is 7.89. The first-order valence-electron chi connectivity index (χ1n) is 8.14. The molecule has 28 heavy (non-hydrogen) atoms. The van der Waals surface area contributed by atoms with Gasteiger partial charge in [0.15, 0.2) is 0 Å². The van der Waals surface area contributed by atoms with E-state index in [1.165, 1.54) is 6.07 Å². The first-order chi connectivity index (χ1) is 13.0. The Bertz CT molecular complexity index is 973. The van der Waals surface area contributed by atoms with Gasteiger partial charge in [0.2, 0.25) is 15.8 Å². The molecule has 152 valence electrons. The normalized spacial score (nSPS) is 12.2. The topological polar surface area (TPSA) is 89.8 Å². The molecule has 11 heteroatoms. The second kappa shape index (κ2) is 8.15. The summed E-state index contributed by atoms with van der Waals surface area (Å²) >= 11 is 0. The summed E-state index contributed by atoms with van der Waals surface area (Å²) in [5.74, 6) is -0.639. The molecule has 0 aromatic heterocycles. The van der Waals surface area contributed by atoms with E-state index in [9.17, 15) is 31.7 Å². The summed E-state index contributed by atoms with van der Waals surface area (Å²) in [6.07, 6.45) is -4.60. The van der Waals surface area contributed by atoms with Crippen LogP contribution in [0, 0.1) is 10.1 Å². The SMILES string of the molecule is CCN(CC)S(=O)(=O)c1ccc(Oc2cccc(C(F)(F)F)c2)c([N+](=O)[O-])c1. The van der Waals surface area contributed by atoms with Crippen molar-refractivity contribution in [2.24, 2.45) is 0 Å². The lowest BCUT2D eigenvalue weighted by Gasteiger charge is -2.18. The third-order valence-corrected chi connectivity index (χ3v) is 5.91. The molecule has 7 nitrogen and oxygen atoms in total. The summed E-state index contributed by atoms with van der Waals surface area (Å²) in [6, 6.07) is 6.84. The summed E-state index contributed by atoms with van der Waals surface area (Å²) in [6.45, 7) is 3.60. The molecule has 0 amide bonds. The van der Waals surface area contributed by atoms with Gasteiger partial charge in [0.05, 0.1) is 15.4 Å². The molecule has 0 aliphatic heterocycles. The molecule has 0 atom stereocenters. The molecule has 0 radical (unpaired) electrons. The molecular weight excluding hydrogens is 401 g/mol. The highest BCUT2D eigenvalue weighted by Gasteiger charge is 2.31. The van der Waals surface area contributed by atoms with Crippen molar-refractivity contribution < 1.29 is 31.2 Å². The molecule has 2 rings (SSSR count). The smallest absolute Gasteiger partial charge is 0.416 e. The van der Waals surface area contributed by atoms with E-state index in [1.54, 1.807) is 13.8 Å². The van der Waals surface area contributed by atoms with Crippen LogP contribution in [0.15, 0.2) is 47.4 Å². The fourth-order valence-electron chi connectivity index (χ4n) is 2.46. The van der Waals surface area contributed by atoms with E-state index in [4.69, 9.17) is 4.74 Å². The molecule has 2 aromatic rings. The van der Waals surface area contributed by atoms with Gasteiger partial charge in [-0.15, -0.1) is 0 Å². The van der Waals surface area contributed by atoms with E-state index >= 15 is 0 Å². The van der Waals surface area contributed by atoms with Crippen LogP contribution in [0.3, 0.4) is 0 Å². The van der Waals surface area contributed by atoms with Gasteiger partial charge in [-0.05, 0) is 30.3 Å². The molecular formula is C17H17F3N2O5S. The standard InChI is InChI=1S/C17H17F3N2O5S/c1-3-21(4-2)28(25,26)14-8-9-16(15(11-14)22(23)24)27-13-7-5-6-12(10-13)17(18,19)20/h5-11H,3-4H2,1-2H3. The monoisotopic (exact) mass is 418 g/mol. The number of rotatable bonds is 7. The van der Waals surface area contributed by atoms with Crippen molar-refractivity contribution in [3.63, 3.8) is 0 Å². The summed E-state index contributed by atoms with van der Waals surface area (Å²) in [7, 11) is -3.95. The van der Waals surface area contributed by atoms with Crippen molar-refractivity contribution in [3.8, 4) is 11.5 Å². The van der Waals surface area contributed by atoms with Crippen LogP contribution in [0.1, 0.15) is 19.4 Å². The van der Waals surface area contributed by atoms with Gasteiger partial charge in [-0.25, -0.2) is 8.42 Å². The van der Waals surface area contributed by atoms with E-state index in [0.29, 0.717) is 6.07 Å². The summed E-state index contributed by atoms with van der Waals surface area (Å²) in [5, 5.41) is 11.4. The Morgan fingerprint density at radius 1 is 1.11 bits per heavy atom. The molecule has 0 N–H and O–H groups in total. The summed E-state index contributed by atoms with van der Waals surface area (Å²) in [4.78, 5) is 10.2. The van der Waals surface area contributed by atoms with E-state index in [2.05, 4.69) is 0 Å². The maximum Gasteiger partial charge on any atom is 0.416 e. The second-order valence-electron chi connectivity index (χ2n) is 5.60. The first-order valence-corrected chi connectivity index (χ1v) is 9.58. The predicted octanol–water partition coefficient (Wildman–Crippen LogP) is 4.44. The molecule has 0 saturated carbocycles. The van der Waals surface area contributed by atoms with Crippen LogP contribution >= 0.6 is 0 Å². The van der Waals surface area contributed by atoms with Crippen LogP contribution in [0.5, 0.6) is 11.5 Å². The van der Waals surface area contributed by atoms with Crippen molar-refractivity contribution >= 4 is 15.7 Å². The number of hydrogen-bond acceptors (Lipinski definition) is 5. The molecule has 0 heterocycles. The fourth-order valence-corrected chi connectivity index (χ4v) is 3.94. The van der Waals surface area contributed by atoms with Crippen LogP contribution in [-0.2, 0) is 16.2 Å². The Hall–Kier alpha value is -2.66. The van der Waals surface area contributed by atoms with Crippen LogP contribution in [0.4, 0.5) is 18.9 Å². The highest BCUT2D eigenvalue weighted by atomic mass is 32.2. The molecule has 0 bridgehead atoms. The Morgan fingerprint density at radius 3 is 2.29 bits per heavy atom. The van der Waals surface area contributed by atoms with Gasteiger partial charge >= 0.3 is 11.9 Å². The Labute approximate surface area is 159 Å². The summed E-state index contributed by atoms with van der Waals surface area (Å²) < 4.78 is 69.8. The average Bonchev–Trinajstić information content (AvgIpc) is 2.62. The number of sulfonamides is 1. The zero-order valence-electron chi connectivity index (χ0n) is 14.9. The van der Waals surface area contributed by atoms with Crippen molar-refractivity contribution in [2.75, 3.05) is 13.1 Å². The van der Waals surface area contributed by atoms with Gasteiger partial charge in [0.1, 0.15) is 5.75 Å². The quantitative estimate of drug-likeness (QED) is 0.490. The molecule has 0 aliphatic rings. The Kier molecular flexibility index (Phi) is 6.30.